The minimum atomic E-state index is -1.09. The zero-order chi connectivity index (χ0) is 24.0. The number of aromatic nitrogens is 2. The Morgan fingerprint density at radius 2 is 1.76 bits per heavy atom. The van der Waals surface area contributed by atoms with Gasteiger partial charge in [-0.05, 0) is 29.7 Å². The Morgan fingerprint density at radius 3 is 2.36 bits per heavy atom. The lowest BCUT2D eigenvalue weighted by Crippen LogP contribution is -2.57. The summed E-state index contributed by atoms with van der Waals surface area (Å²) in [4.78, 5) is 42.5. The molecule has 0 bridgehead atoms. The fourth-order valence-corrected chi connectivity index (χ4v) is 4.38. The molecule has 1 fully saturated rings. The molecule has 1 aliphatic rings. The maximum absolute atomic E-state index is 13.3. The summed E-state index contributed by atoms with van der Waals surface area (Å²) in [6.45, 7) is 5.77. The summed E-state index contributed by atoms with van der Waals surface area (Å²) in [5.74, 6) is -1.82. The van der Waals surface area contributed by atoms with E-state index < -0.39 is 35.3 Å². The minimum absolute atomic E-state index is 0.0466. The van der Waals surface area contributed by atoms with Gasteiger partial charge in [0, 0.05) is 18.9 Å². The molecule has 0 aliphatic heterocycles. The minimum Gasteiger partial charge on any atom is -0.480 e. The van der Waals surface area contributed by atoms with Crippen molar-refractivity contribution in [2.45, 2.75) is 71.5 Å². The van der Waals surface area contributed by atoms with Gasteiger partial charge in [-0.25, -0.2) is 9.78 Å². The van der Waals surface area contributed by atoms with Crippen LogP contribution in [0.1, 0.15) is 69.1 Å². The van der Waals surface area contributed by atoms with E-state index in [1.165, 1.54) is 0 Å². The van der Waals surface area contributed by atoms with Crippen molar-refractivity contribution in [2.24, 2.45) is 11.3 Å². The Hall–Kier alpha value is -3.16. The van der Waals surface area contributed by atoms with E-state index in [1.807, 2.05) is 30.3 Å². The molecule has 8 nitrogen and oxygen atoms in total. The van der Waals surface area contributed by atoms with Crippen LogP contribution in [0, 0.1) is 11.3 Å². The maximum Gasteiger partial charge on any atom is 0.326 e. The van der Waals surface area contributed by atoms with Gasteiger partial charge in [0.25, 0.3) is 5.91 Å². The third-order valence-corrected chi connectivity index (χ3v) is 6.20. The molecule has 0 saturated heterocycles. The molecule has 1 aromatic heterocycles. The largest absolute Gasteiger partial charge is 0.480 e. The first-order valence-corrected chi connectivity index (χ1v) is 11.6. The number of rotatable bonds is 8. The Morgan fingerprint density at radius 1 is 1.09 bits per heavy atom. The number of nitrogens with one attached hydrogen (secondary N) is 2. The number of hydrogen-bond acceptors (Lipinski definition) is 4. The molecule has 1 saturated carbocycles. The van der Waals surface area contributed by atoms with Crippen molar-refractivity contribution in [3.63, 3.8) is 0 Å². The van der Waals surface area contributed by atoms with Crippen molar-refractivity contribution < 1.29 is 19.5 Å². The van der Waals surface area contributed by atoms with Crippen molar-refractivity contribution in [1.29, 1.82) is 0 Å². The number of nitrogens with zero attached hydrogens (tertiary/aromatic N) is 2. The molecule has 2 atom stereocenters. The molecular weight excluding hydrogens is 420 g/mol. The fourth-order valence-electron chi connectivity index (χ4n) is 4.38. The number of hydrogen-bond donors (Lipinski definition) is 3. The average Bonchev–Trinajstić information content (AvgIpc) is 3.24. The number of amides is 2. The Balaban J connectivity index is 1.79. The lowest BCUT2D eigenvalue weighted by atomic mass is 9.82. The smallest absolute Gasteiger partial charge is 0.326 e. The summed E-state index contributed by atoms with van der Waals surface area (Å²) in [5.41, 5.74) is 0.356. The van der Waals surface area contributed by atoms with Crippen molar-refractivity contribution in [1.82, 2.24) is 20.2 Å². The third kappa shape index (κ3) is 6.43. The lowest BCUT2D eigenvalue weighted by Gasteiger charge is -2.33. The van der Waals surface area contributed by atoms with Gasteiger partial charge in [-0.1, -0.05) is 70.4 Å². The topological polar surface area (TPSA) is 113 Å². The first-order chi connectivity index (χ1) is 15.7. The molecule has 2 amide bonds. The molecule has 178 valence electrons. The SMILES string of the molecule is CC(C)(C)C(NC(=O)C(NC(=O)c1nccn1Cc1ccccc1)C1CCCCC1)C(=O)O. The standard InChI is InChI=1S/C25H34N4O4/c1-25(2,3)20(24(32)33)28-22(30)19(18-12-8-5-9-13-18)27-23(31)21-26-14-15-29(21)16-17-10-6-4-7-11-17/h4,6-7,10-11,14-15,18-20H,5,8-9,12-13,16H2,1-3H3,(H,27,31)(H,28,30)(H,32,33). The summed E-state index contributed by atoms with van der Waals surface area (Å²) in [7, 11) is 0. The van der Waals surface area contributed by atoms with Crippen LogP contribution in [0.25, 0.3) is 0 Å². The second-order valence-corrected chi connectivity index (χ2v) is 9.86. The number of imidazole rings is 1. The summed E-state index contributed by atoms with van der Waals surface area (Å²) in [5, 5.41) is 15.2. The molecule has 0 spiro atoms. The second kappa shape index (κ2) is 10.6. The molecule has 1 aliphatic carbocycles. The Bertz CT molecular complexity index is 958. The van der Waals surface area contributed by atoms with Crippen LogP contribution in [0.4, 0.5) is 0 Å². The highest BCUT2D eigenvalue weighted by Crippen LogP contribution is 2.28. The molecule has 1 heterocycles. The van der Waals surface area contributed by atoms with E-state index in [4.69, 9.17) is 0 Å². The highest BCUT2D eigenvalue weighted by Gasteiger charge is 2.38. The number of aliphatic carboxylic acids is 1. The van der Waals surface area contributed by atoms with E-state index in [0.29, 0.717) is 6.54 Å². The van der Waals surface area contributed by atoms with Crippen LogP contribution in [0.2, 0.25) is 0 Å². The monoisotopic (exact) mass is 454 g/mol. The number of carboxylic acid groups (broad SMARTS) is 1. The first-order valence-electron chi connectivity index (χ1n) is 11.6. The van der Waals surface area contributed by atoms with Crippen molar-refractivity contribution in [3.05, 3.63) is 54.1 Å². The van der Waals surface area contributed by atoms with E-state index in [-0.39, 0.29) is 11.7 Å². The van der Waals surface area contributed by atoms with Gasteiger partial charge in [-0.2, -0.15) is 0 Å². The van der Waals surface area contributed by atoms with Crippen LogP contribution in [0.3, 0.4) is 0 Å². The molecular formula is C25H34N4O4. The van der Waals surface area contributed by atoms with Gasteiger partial charge in [-0.3, -0.25) is 9.59 Å². The zero-order valence-electron chi connectivity index (χ0n) is 19.6. The Labute approximate surface area is 194 Å². The predicted molar refractivity (Wildman–Crippen MR) is 125 cm³/mol. The first kappa shape index (κ1) is 24.5. The van der Waals surface area contributed by atoms with Gasteiger partial charge in [0.2, 0.25) is 5.91 Å². The maximum atomic E-state index is 13.3. The normalized spacial score (nSPS) is 16.6. The van der Waals surface area contributed by atoms with Gasteiger partial charge in [-0.15, -0.1) is 0 Å². The predicted octanol–water partition coefficient (Wildman–Crippen LogP) is 3.23. The van der Waals surface area contributed by atoms with Crippen LogP contribution in [0.5, 0.6) is 0 Å². The third-order valence-electron chi connectivity index (χ3n) is 6.20. The quantitative estimate of drug-likeness (QED) is 0.567. The Kier molecular flexibility index (Phi) is 7.89. The molecule has 1 aromatic carbocycles. The fraction of sp³-hybridized carbons (Fsp3) is 0.520. The van der Waals surface area contributed by atoms with Gasteiger partial charge in [0.05, 0.1) is 0 Å². The molecule has 2 unspecified atom stereocenters. The summed E-state index contributed by atoms with van der Waals surface area (Å²) in [6, 6.07) is 7.86. The average molecular weight is 455 g/mol. The van der Waals surface area contributed by atoms with Crippen LogP contribution in [-0.4, -0.2) is 44.5 Å². The summed E-state index contributed by atoms with van der Waals surface area (Å²) >= 11 is 0. The van der Waals surface area contributed by atoms with Gasteiger partial charge in [0.1, 0.15) is 12.1 Å². The molecule has 3 N–H and O–H groups in total. The van der Waals surface area contributed by atoms with E-state index in [2.05, 4.69) is 15.6 Å². The van der Waals surface area contributed by atoms with Gasteiger partial charge < -0.3 is 20.3 Å². The highest BCUT2D eigenvalue weighted by atomic mass is 16.4. The van der Waals surface area contributed by atoms with Crippen molar-refractivity contribution in [2.75, 3.05) is 0 Å². The molecule has 8 heteroatoms. The van der Waals surface area contributed by atoms with Crippen LogP contribution < -0.4 is 10.6 Å². The molecule has 3 rings (SSSR count). The highest BCUT2D eigenvalue weighted by molar-refractivity contribution is 5.96. The molecule has 2 aromatic rings. The van der Waals surface area contributed by atoms with Crippen LogP contribution in [-0.2, 0) is 16.1 Å². The second-order valence-electron chi connectivity index (χ2n) is 9.86. The van der Waals surface area contributed by atoms with Crippen LogP contribution >= 0.6 is 0 Å². The van der Waals surface area contributed by atoms with Crippen molar-refractivity contribution >= 4 is 17.8 Å². The zero-order valence-corrected chi connectivity index (χ0v) is 19.6. The number of benzene rings is 1. The molecule has 0 radical (unpaired) electrons. The van der Waals surface area contributed by atoms with E-state index >= 15 is 0 Å². The van der Waals surface area contributed by atoms with Gasteiger partial charge in [0.15, 0.2) is 5.82 Å². The van der Waals surface area contributed by atoms with Crippen molar-refractivity contribution in [3.8, 4) is 0 Å². The number of carbonyl (C=O) groups excluding carboxylic acids is 2. The summed E-state index contributed by atoms with van der Waals surface area (Å²) < 4.78 is 1.75. The summed E-state index contributed by atoms with van der Waals surface area (Å²) in [6.07, 6.45) is 7.97. The van der Waals surface area contributed by atoms with E-state index in [0.717, 1.165) is 37.7 Å². The van der Waals surface area contributed by atoms with E-state index in [9.17, 15) is 19.5 Å². The van der Waals surface area contributed by atoms with Gasteiger partial charge >= 0.3 is 5.97 Å². The van der Waals surface area contributed by atoms with Crippen LogP contribution in [0.15, 0.2) is 42.7 Å². The lowest BCUT2D eigenvalue weighted by molar-refractivity contribution is -0.145. The molecule has 33 heavy (non-hydrogen) atoms. The number of carboxylic acids is 1. The number of carbonyl (C=O) groups is 3. The van der Waals surface area contributed by atoms with E-state index in [1.54, 1.807) is 37.7 Å².